The van der Waals surface area contributed by atoms with Crippen LogP contribution in [0.1, 0.15) is 219 Å². The van der Waals surface area contributed by atoms with Crippen molar-refractivity contribution in [3.63, 3.8) is 0 Å². The van der Waals surface area contributed by atoms with E-state index in [0.717, 1.165) is 57.8 Å². The molecule has 15 heteroatoms. The Kier molecular flexibility index (Phi) is 41.5. The SMILES string of the molecule is CC/C=C/C/C=C/C/C=C/C/C=C/CCCCC(=O)OC[C@H](CO[C@H]1O[C@@H](CO[C@H]2O[C@@H](CO)[C@@H](O)C(O)C2O)[C@@H](O)C(O)C1O)OC(=O)CCCCCCCCCCCCCCCCCCCCCCCCC. The van der Waals surface area contributed by atoms with Crippen LogP contribution in [0.15, 0.2) is 48.6 Å². The molecule has 0 saturated carbocycles. The summed E-state index contributed by atoms with van der Waals surface area (Å²) in [7, 11) is 0. The summed E-state index contributed by atoms with van der Waals surface area (Å²) in [5.41, 5.74) is 0. The summed E-state index contributed by atoms with van der Waals surface area (Å²) in [5, 5.41) is 72.3. The molecule has 2 rings (SSSR count). The topological polar surface area (TPSA) is 231 Å². The van der Waals surface area contributed by atoms with Gasteiger partial charge in [-0.05, 0) is 51.4 Å². The second kappa shape index (κ2) is 45.5. The number of rotatable bonds is 46. The number of hydrogen-bond donors (Lipinski definition) is 7. The summed E-state index contributed by atoms with van der Waals surface area (Å²) in [6.45, 7) is 2.46. The van der Waals surface area contributed by atoms with Crippen LogP contribution >= 0.6 is 0 Å². The van der Waals surface area contributed by atoms with Crippen molar-refractivity contribution >= 4 is 11.9 Å². The maximum Gasteiger partial charge on any atom is 0.306 e. The minimum Gasteiger partial charge on any atom is -0.462 e. The van der Waals surface area contributed by atoms with Crippen LogP contribution in [0.3, 0.4) is 0 Å². The molecule has 2 aliphatic heterocycles. The van der Waals surface area contributed by atoms with E-state index in [1.54, 1.807) is 0 Å². The van der Waals surface area contributed by atoms with Crippen LogP contribution in [0.25, 0.3) is 0 Å². The Hall–Kier alpha value is -2.54. The molecule has 0 aromatic rings. The average Bonchev–Trinajstić information content (AvgIpc) is 3.39. The number of unbranched alkanes of at least 4 members (excludes halogenated alkanes) is 24. The summed E-state index contributed by atoms with van der Waals surface area (Å²) in [6, 6.07) is 0. The van der Waals surface area contributed by atoms with Crippen molar-refractivity contribution in [2.24, 2.45) is 0 Å². The quantitative estimate of drug-likeness (QED) is 0.0171. The van der Waals surface area contributed by atoms with Crippen molar-refractivity contribution in [1.29, 1.82) is 0 Å². The van der Waals surface area contributed by atoms with E-state index in [4.69, 9.17) is 28.4 Å². The van der Waals surface area contributed by atoms with E-state index in [1.807, 2.05) is 0 Å². The fourth-order valence-electron chi connectivity index (χ4n) is 9.09. The van der Waals surface area contributed by atoms with Gasteiger partial charge in [-0.25, -0.2) is 0 Å². The summed E-state index contributed by atoms with van der Waals surface area (Å²) >= 11 is 0. The van der Waals surface area contributed by atoms with Gasteiger partial charge in [0.1, 0.15) is 55.4 Å². The van der Waals surface area contributed by atoms with Gasteiger partial charge in [-0.1, -0.05) is 204 Å². The number of aliphatic hydroxyl groups excluding tert-OH is 7. The molecule has 0 spiro atoms. The summed E-state index contributed by atoms with van der Waals surface area (Å²) in [4.78, 5) is 25.9. The molecule has 11 atom stereocenters. The molecule has 2 heterocycles. The molecular formula is C59H104O15. The molecule has 0 aromatic heterocycles. The minimum absolute atomic E-state index is 0.158. The molecule has 0 amide bonds. The van der Waals surface area contributed by atoms with Crippen LogP contribution in [0.4, 0.5) is 0 Å². The van der Waals surface area contributed by atoms with E-state index >= 15 is 0 Å². The monoisotopic (exact) mass is 1050 g/mol. The molecule has 0 aliphatic carbocycles. The summed E-state index contributed by atoms with van der Waals surface area (Å²) in [6.07, 6.45) is 35.8. The van der Waals surface area contributed by atoms with E-state index in [9.17, 15) is 45.3 Å². The minimum atomic E-state index is -1.77. The molecule has 2 fully saturated rings. The number of carbonyl (C=O) groups is 2. The summed E-state index contributed by atoms with van der Waals surface area (Å²) in [5.74, 6) is -0.966. The second-order valence-electron chi connectivity index (χ2n) is 20.4. The fourth-order valence-corrected chi connectivity index (χ4v) is 9.09. The molecule has 7 N–H and O–H groups in total. The number of hydrogen-bond acceptors (Lipinski definition) is 15. The smallest absolute Gasteiger partial charge is 0.306 e. The molecule has 430 valence electrons. The first-order valence-corrected chi connectivity index (χ1v) is 29.2. The standard InChI is InChI=1S/C59H104O15/c1-3-5-7-9-11-13-15-17-19-20-21-22-23-24-25-26-28-30-32-34-36-38-40-42-51(62)72-47(44-69-50(61)41-39-37-35-33-31-29-27-18-16-14-12-10-8-6-4-2)45-70-58-57(68)55(66)53(64)49(74-58)46-71-59-56(67)54(65)52(63)48(43-60)73-59/h6,8,12,14,18,27,31,33,47-49,52-60,63-68H,3-5,7,9-11,13,15-17,19-26,28-30,32,34-46H2,1-2H3/b8-6+,14-12+,27-18+,33-31+/t47-,48+,49+,52-,53-,54?,55?,56?,57?,58+,59+/m1/s1. The first-order valence-electron chi connectivity index (χ1n) is 29.2. The van der Waals surface area contributed by atoms with Crippen molar-refractivity contribution in [2.75, 3.05) is 26.4 Å². The van der Waals surface area contributed by atoms with Gasteiger partial charge in [0.25, 0.3) is 0 Å². The van der Waals surface area contributed by atoms with Gasteiger partial charge in [0.2, 0.25) is 0 Å². The van der Waals surface area contributed by atoms with Crippen LogP contribution in [-0.2, 0) is 38.0 Å². The Morgan fingerprint density at radius 3 is 1.34 bits per heavy atom. The van der Waals surface area contributed by atoms with E-state index < -0.39 is 99.3 Å². The van der Waals surface area contributed by atoms with Crippen molar-refractivity contribution in [3.05, 3.63) is 48.6 Å². The zero-order valence-corrected chi connectivity index (χ0v) is 45.8. The van der Waals surface area contributed by atoms with Crippen molar-refractivity contribution in [1.82, 2.24) is 0 Å². The predicted molar refractivity (Wildman–Crippen MR) is 289 cm³/mol. The Morgan fingerprint density at radius 2 is 0.851 bits per heavy atom. The number of aliphatic hydroxyl groups is 7. The largest absolute Gasteiger partial charge is 0.462 e. The molecule has 4 unspecified atom stereocenters. The maximum absolute atomic E-state index is 13.1. The van der Waals surface area contributed by atoms with Crippen molar-refractivity contribution in [3.8, 4) is 0 Å². The molecular weight excluding hydrogens is 949 g/mol. The van der Waals surface area contributed by atoms with Crippen LogP contribution < -0.4 is 0 Å². The number of allylic oxidation sites excluding steroid dienone is 8. The zero-order chi connectivity index (χ0) is 53.9. The number of ether oxygens (including phenoxy) is 6. The number of carbonyl (C=O) groups excluding carboxylic acids is 2. The molecule has 2 aliphatic rings. The Balaban J connectivity index is 1.74. The third-order valence-corrected chi connectivity index (χ3v) is 13.8. The highest BCUT2D eigenvalue weighted by molar-refractivity contribution is 5.70. The van der Waals surface area contributed by atoms with Gasteiger partial charge in [0.15, 0.2) is 18.7 Å². The lowest BCUT2D eigenvalue weighted by atomic mass is 9.98. The third kappa shape index (κ3) is 32.3. The average molecular weight is 1050 g/mol. The van der Waals surface area contributed by atoms with Crippen LogP contribution in [0, 0.1) is 0 Å². The lowest BCUT2D eigenvalue weighted by molar-refractivity contribution is -0.332. The highest BCUT2D eigenvalue weighted by Crippen LogP contribution is 2.27. The van der Waals surface area contributed by atoms with E-state index in [2.05, 4.69) is 62.5 Å². The third-order valence-electron chi connectivity index (χ3n) is 13.8. The van der Waals surface area contributed by atoms with Crippen molar-refractivity contribution in [2.45, 2.75) is 287 Å². The maximum atomic E-state index is 13.1. The van der Waals surface area contributed by atoms with Gasteiger partial charge in [0.05, 0.1) is 19.8 Å². The molecule has 15 nitrogen and oxygen atoms in total. The van der Waals surface area contributed by atoms with Crippen LogP contribution in [-0.4, -0.2) is 142 Å². The normalized spacial score (nSPS) is 25.0. The first-order chi connectivity index (χ1) is 36.0. The first kappa shape index (κ1) is 67.6. The van der Waals surface area contributed by atoms with Gasteiger partial charge < -0.3 is 64.2 Å². The highest BCUT2D eigenvalue weighted by atomic mass is 16.7. The van der Waals surface area contributed by atoms with Gasteiger partial charge in [0, 0.05) is 12.8 Å². The van der Waals surface area contributed by atoms with Crippen LogP contribution in [0.2, 0.25) is 0 Å². The predicted octanol–water partition coefficient (Wildman–Crippen LogP) is 9.83. The lowest BCUT2D eigenvalue weighted by Crippen LogP contribution is -2.61. The molecule has 2 saturated heterocycles. The molecule has 0 radical (unpaired) electrons. The molecule has 0 aromatic carbocycles. The fraction of sp³-hybridized carbons (Fsp3) is 0.831. The lowest BCUT2D eigenvalue weighted by Gasteiger charge is -2.42. The van der Waals surface area contributed by atoms with Gasteiger partial charge >= 0.3 is 11.9 Å². The summed E-state index contributed by atoms with van der Waals surface area (Å²) < 4.78 is 33.6. The zero-order valence-electron chi connectivity index (χ0n) is 45.8. The van der Waals surface area contributed by atoms with Gasteiger partial charge in [-0.3, -0.25) is 9.59 Å². The van der Waals surface area contributed by atoms with Crippen LogP contribution in [0.5, 0.6) is 0 Å². The Labute approximate surface area is 446 Å². The van der Waals surface area contributed by atoms with E-state index in [0.29, 0.717) is 12.8 Å². The van der Waals surface area contributed by atoms with Gasteiger partial charge in [-0.15, -0.1) is 0 Å². The Morgan fingerprint density at radius 1 is 0.446 bits per heavy atom. The van der Waals surface area contributed by atoms with Crippen molar-refractivity contribution < 1.29 is 73.8 Å². The molecule has 74 heavy (non-hydrogen) atoms. The highest BCUT2D eigenvalue weighted by Gasteiger charge is 2.47. The second-order valence-corrected chi connectivity index (χ2v) is 20.4. The van der Waals surface area contributed by atoms with E-state index in [1.165, 1.54) is 122 Å². The molecule has 0 bridgehead atoms. The van der Waals surface area contributed by atoms with Gasteiger partial charge in [-0.2, -0.15) is 0 Å². The Bertz CT molecular complexity index is 1470. The number of esters is 2. The van der Waals surface area contributed by atoms with E-state index in [-0.39, 0.29) is 19.4 Å².